The zero-order valence-corrected chi connectivity index (χ0v) is 43.0. The normalized spacial score (nSPS) is 17.8. The highest BCUT2D eigenvalue weighted by Crippen LogP contribution is 2.39. The van der Waals surface area contributed by atoms with Crippen LogP contribution in [-0.2, 0) is 33.6 Å². The molecule has 2 fully saturated rings. The zero-order chi connectivity index (χ0) is 51.3. The number of likely N-dealkylation sites (N-methyl/N-ethyl adjacent to an activating group) is 1. The first-order chi connectivity index (χ1) is 34.2. The predicted molar refractivity (Wildman–Crippen MR) is 278 cm³/mol. The van der Waals surface area contributed by atoms with E-state index in [0.717, 1.165) is 41.7 Å². The van der Waals surface area contributed by atoms with Crippen molar-refractivity contribution in [3.05, 3.63) is 108 Å². The van der Waals surface area contributed by atoms with E-state index in [1.807, 2.05) is 129 Å². The maximum atomic E-state index is 14.8. The Morgan fingerprint density at radius 1 is 0.690 bits per heavy atom. The van der Waals surface area contributed by atoms with Crippen molar-refractivity contribution in [2.45, 2.75) is 120 Å². The molecule has 2 aliphatic rings. The van der Waals surface area contributed by atoms with Crippen LogP contribution in [0.4, 0.5) is 0 Å². The molecule has 7 atom stereocenters. The molecule has 2 saturated heterocycles. The van der Waals surface area contributed by atoms with Crippen molar-refractivity contribution in [1.29, 1.82) is 0 Å². The second-order valence-electron chi connectivity index (χ2n) is 19.1. The second kappa shape index (κ2) is 28.9. The summed E-state index contributed by atoms with van der Waals surface area (Å²) in [6.07, 6.45) is 6.20. The number of nitrogens with one attached hydrogen (secondary N) is 3. The number of nitrogens with two attached hydrogens (primary N) is 2. The number of nitrogens with zero attached hydrogens (tertiary/aromatic N) is 4. The van der Waals surface area contributed by atoms with Gasteiger partial charge in [-0.3, -0.25) is 38.5 Å². The Kier molecular flexibility index (Phi) is 22.9. The molecule has 71 heavy (non-hydrogen) atoms. The lowest BCUT2D eigenvalue weighted by atomic mass is 9.97. The maximum Gasteiger partial charge on any atom is 0.243 e. The third-order valence-corrected chi connectivity index (χ3v) is 15.5. The summed E-state index contributed by atoms with van der Waals surface area (Å²) < 4.78 is 0. The molecule has 0 aliphatic carbocycles. The Bertz CT molecular complexity index is 2190. The van der Waals surface area contributed by atoms with Gasteiger partial charge in [0.05, 0.1) is 25.2 Å². The number of carbonyl (C=O) groups is 7. The molecule has 3 aromatic rings. The van der Waals surface area contributed by atoms with Crippen molar-refractivity contribution in [2.24, 2.45) is 17.4 Å². The summed E-state index contributed by atoms with van der Waals surface area (Å²) in [5.41, 5.74) is 14.2. The van der Waals surface area contributed by atoms with Gasteiger partial charge in [0.15, 0.2) is 0 Å². The highest BCUT2D eigenvalue weighted by Gasteiger charge is 2.42. The number of hydrogen-bond acceptors (Lipinski definition) is 10. The van der Waals surface area contributed by atoms with Gasteiger partial charge < -0.3 is 42.1 Å². The van der Waals surface area contributed by atoms with E-state index in [2.05, 4.69) is 16.0 Å². The molecule has 7 amide bonds. The molecule has 2 aliphatic heterocycles. The second-order valence-corrected chi connectivity index (χ2v) is 20.3. The van der Waals surface area contributed by atoms with Crippen LogP contribution in [0.25, 0.3) is 0 Å². The van der Waals surface area contributed by atoms with Crippen molar-refractivity contribution < 1.29 is 33.6 Å². The fourth-order valence-corrected chi connectivity index (χ4v) is 11.0. The topological polar surface area (TPSA) is 221 Å². The summed E-state index contributed by atoms with van der Waals surface area (Å²) >= 11 is 1.92. The average Bonchev–Trinajstić information content (AvgIpc) is 3.93. The number of benzene rings is 3. The molecular formula is C54H77N9O7S. The Balaban J connectivity index is 1.21. The molecule has 3 aromatic carbocycles. The van der Waals surface area contributed by atoms with Crippen LogP contribution in [0.3, 0.4) is 0 Å². The van der Waals surface area contributed by atoms with Crippen molar-refractivity contribution in [3.63, 3.8) is 0 Å². The van der Waals surface area contributed by atoms with Crippen LogP contribution < -0.4 is 27.4 Å². The number of fused-ring (bicyclic) bond motifs is 1. The summed E-state index contributed by atoms with van der Waals surface area (Å²) in [6, 6.07) is 26.4. The smallest absolute Gasteiger partial charge is 0.243 e. The van der Waals surface area contributed by atoms with E-state index in [4.69, 9.17) is 11.5 Å². The standard InChI is InChI=1S/C54H77N9O7S/c1-38(41-20-8-5-9-21-41)60(4)34-50(67)61(31-19-17-29-55)35-51(68)63(40(3)43-24-12-7-13-25-43)36-52(69)62(39(2)42-22-10-6-11-23-42)33-49(66)58-45(54(56)70)26-16-18-30-57-47(64)28-15-14-27-46-53-44(37-71-46)32-48(65)59-53/h5-13,20-25,38-40,44-46,53H,14-19,26-37,55H2,1-4H3,(H2,56,70)(H,57,64)(H,58,66)(H,59,65)/t38-,39-,40-,44-,45-,46?,53-/m0/s1. The number of primary amides is 1. The fourth-order valence-electron chi connectivity index (χ4n) is 9.37. The van der Waals surface area contributed by atoms with E-state index in [1.165, 1.54) is 9.80 Å². The molecule has 386 valence electrons. The largest absolute Gasteiger partial charge is 0.368 e. The van der Waals surface area contributed by atoms with Gasteiger partial charge in [0.1, 0.15) is 19.1 Å². The van der Waals surface area contributed by atoms with Gasteiger partial charge in [-0.1, -0.05) is 97.4 Å². The minimum atomic E-state index is -1.02. The molecule has 16 nitrogen and oxygen atoms in total. The lowest BCUT2D eigenvalue weighted by Crippen LogP contribution is -2.52. The van der Waals surface area contributed by atoms with Crippen molar-refractivity contribution in [1.82, 2.24) is 35.6 Å². The third kappa shape index (κ3) is 17.5. The van der Waals surface area contributed by atoms with Gasteiger partial charge >= 0.3 is 0 Å². The number of rotatable bonds is 30. The summed E-state index contributed by atoms with van der Waals surface area (Å²) in [6.45, 7) is 5.76. The summed E-state index contributed by atoms with van der Waals surface area (Å²) in [4.78, 5) is 101. The predicted octanol–water partition coefficient (Wildman–Crippen LogP) is 4.86. The van der Waals surface area contributed by atoms with E-state index >= 15 is 0 Å². The van der Waals surface area contributed by atoms with Crippen molar-refractivity contribution in [3.8, 4) is 0 Å². The fraction of sp³-hybridized carbons (Fsp3) is 0.537. The summed E-state index contributed by atoms with van der Waals surface area (Å²) in [7, 11) is 1.87. The number of unbranched alkanes of at least 4 members (excludes halogenated alkanes) is 3. The first-order valence-corrected chi connectivity index (χ1v) is 26.4. The van der Waals surface area contributed by atoms with E-state index in [0.29, 0.717) is 69.3 Å². The molecule has 0 bridgehead atoms. The van der Waals surface area contributed by atoms with Gasteiger partial charge in [-0.05, 0) is 108 Å². The van der Waals surface area contributed by atoms with Crippen LogP contribution in [0, 0.1) is 5.92 Å². The number of hydrogen-bond donors (Lipinski definition) is 5. The Morgan fingerprint density at radius 2 is 1.27 bits per heavy atom. The molecule has 0 saturated carbocycles. The van der Waals surface area contributed by atoms with Crippen LogP contribution in [-0.4, -0.2) is 137 Å². The Labute approximate surface area is 424 Å². The van der Waals surface area contributed by atoms with Gasteiger partial charge in [0.2, 0.25) is 41.4 Å². The van der Waals surface area contributed by atoms with Gasteiger partial charge in [-0.2, -0.15) is 11.8 Å². The SMILES string of the molecule is C[C@@H](c1ccccc1)N(C)CC(=O)N(CCCCN)CC(=O)N(CC(=O)N(CC(=O)N[C@@H](CCCCNC(=O)CCCCC1SC[C@@H]2CC(=O)N[C@H]12)C(N)=O)[C@@H](C)c1ccccc1)[C@@H](C)c1ccccc1. The minimum absolute atomic E-state index is 0.0445. The molecular weight excluding hydrogens is 919 g/mol. The summed E-state index contributed by atoms with van der Waals surface area (Å²) in [5, 5.41) is 9.21. The molecule has 0 spiro atoms. The quantitative estimate of drug-likeness (QED) is 0.0571. The van der Waals surface area contributed by atoms with Crippen LogP contribution in [0.2, 0.25) is 0 Å². The molecule has 7 N–H and O–H groups in total. The zero-order valence-electron chi connectivity index (χ0n) is 42.1. The minimum Gasteiger partial charge on any atom is -0.368 e. The van der Waals surface area contributed by atoms with Gasteiger partial charge in [0, 0.05) is 43.3 Å². The highest BCUT2D eigenvalue weighted by molar-refractivity contribution is 8.00. The van der Waals surface area contributed by atoms with Crippen LogP contribution in [0.1, 0.15) is 120 Å². The van der Waals surface area contributed by atoms with Crippen molar-refractivity contribution in [2.75, 3.05) is 58.6 Å². The Morgan fingerprint density at radius 3 is 1.86 bits per heavy atom. The lowest BCUT2D eigenvalue weighted by molar-refractivity contribution is -0.148. The van der Waals surface area contributed by atoms with Crippen LogP contribution in [0.5, 0.6) is 0 Å². The Hall–Kier alpha value is -5.78. The molecule has 0 aromatic heterocycles. The third-order valence-electron chi connectivity index (χ3n) is 13.9. The summed E-state index contributed by atoms with van der Waals surface area (Å²) in [5.74, 6) is -0.967. The van der Waals surface area contributed by atoms with Crippen molar-refractivity contribution >= 4 is 53.1 Å². The molecule has 17 heteroatoms. The first kappa shape index (κ1) is 56.1. The number of thioether (sulfide) groups is 1. The van der Waals surface area contributed by atoms with Gasteiger partial charge in [-0.15, -0.1) is 0 Å². The van der Waals surface area contributed by atoms with E-state index in [1.54, 1.807) is 11.8 Å². The molecule has 0 radical (unpaired) electrons. The molecule has 2 heterocycles. The van der Waals surface area contributed by atoms with Gasteiger partial charge in [-0.25, -0.2) is 0 Å². The first-order valence-electron chi connectivity index (χ1n) is 25.3. The average molecular weight is 996 g/mol. The van der Waals surface area contributed by atoms with Crippen LogP contribution in [0.15, 0.2) is 91.0 Å². The molecule has 5 rings (SSSR count). The van der Waals surface area contributed by atoms with E-state index in [9.17, 15) is 33.6 Å². The van der Waals surface area contributed by atoms with E-state index < -0.39 is 54.8 Å². The van der Waals surface area contributed by atoms with Gasteiger partial charge in [0.25, 0.3) is 0 Å². The number of amides is 7. The highest BCUT2D eigenvalue weighted by atomic mass is 32.2. The van der Waals surface area contributed by atoms with E-state index in [-0.39, 0.29) is 49.3 Å². The molecule has 1 unspecified atom stereocenters. The maximum absolute atomic E-state index is 14.8. The lowest BCUT2D eigenvalue weighted by Gasteiger charge is -2.36. The monoisotopic (exact) mass is 996 g/mol. The number of carbonyl (C=O) groups excluding carboxylic acids is 7. The van der Waals surface area contributed by atoms with Crippen LogP contribution >= 0.6 is 11.8 Å².